The molecule has 0 saturated carbocycles. The number of benzene rings is 1. The number of imidazole rings is 1. The number of Topliss-reactive ketones (excluding diaryl/α,β-unsaturated/α-hetero) is 1. The molecule has 0 fully saturated rings. The molecule has 0 bridgehead atoms. The molecular weight excluding hydrogens is 403 g/mol. The Balaban J connectivity index is 1.69. The van der Waals surface area contributed by atoms with Crippen molar-refractivity contribution in [2.45, 2.75) is 39.2 Å². The van der Waals surface area contributed by atoms with Crippen LogP contribution in [0, 0.1) is 0 Å². The van der Waals surface area contributed by atoms with Gasteiger partial charge >= 0.3 is 6.18 Å². The van der Waals surface area contributed by atoms with Gasteiger partial charge in [0.15, 0.2) is 17.7 Å². The highest BCUT2D eigenvalue weighted by Crippen LogP contribution is 2.36. The van der Waals surface area contributed by atoms with E-state index in [2.05, 4.69) is 15.1 Å². The second kappa shape index (κ2) is 7.47. The summed E-state index contributed by atoms with van der Waals surface area (Å²) in [6.07, 6.45) is -2.31. The minimum absolute atomic E-state index is 0.0330. The highest BCUT2D eigenvalue weighted by molar-refractivity contribution is 5.80. The number of carbonyl (C=O) groups excluding carboxylic acids is 1. The Morgan fingerprint density at radius 2 is 2.13 bits per heavy atom. The predicted molar refractivity (Wildman–Crippen MR) is 99.0 cm³/mol. The Kier molecular flexibility index (Phi) is 4.96. The van der Waals surface area contributed by atoms with E-state index in [1.54, 1.807) is 35.9 Å². The van der Waals surface area contributed by atoms with Crippen LogP contribution in [0.4, 0.5) is 13.2 Å². The Labute approximate surface area is 169 Å². The van der Waals surface area contributed by atoms with Gasteiger partial charge in [-0.05, 0) is 26.0 Å². The number of hydrogen-bond donors (Lipinski definition) is 0. The SMILES string of the molecule is CC(=O)[C@@H](C)Oc1ccc2c(c1)OCCn1cc(-c3ncnn3CC(F)(F)F)nc1-2. The van der Waals surface area contributed by atoms with Crippen LogP contribution in [-0.2, 0) is 17.9 Å². The van der Waals surface area contributed by atoms with Crippen LogP contribution in [0.5, 0.6) is 11.5 Å². The van der Waals surface area contributed by atoms with E-state index < -0.39 is 18.8 Å². The molecule has 0 N–H and O–H groups in total. The number of fused-ring (bicyclic) bond motifs is 3. The van der Waals surface area contributed by atoms with Crippen molar-refractivity contribution in [3.05, 3.63) is 30.7 Å². The monoisotopic (exact) mass is 421 g/mol. The maximum Gasteiger partial charge on any atom is 0.408 e. The maximum atomic E-state index is 12.8. The molecule has 1 aliphatic rings. The molecule has 1 aromatic carbocycles. The number of aromatic nitrogens is 5. The molecule has 3 aromatic rings. The minimum atomic E-state index is -4.42. The highest BCUT2D eigenvalue weighted by atomic mass is 19.4. The molecule has 1 atom stereocenters. The summed E-state index contributed by atoms with van der Waals surface area (Å²) in [4.78, 5) is 19.9. The van der Waals surface area contributed by atoms with Crippen molar-refractivity contribution in [2.24, 2.45) is 0 Å². The zero-order chi connectivity index (χ0) is 21.5. The molecule has 158 valence electrons. The first-order valence-corrected chi connectivity index (χ1v) is 9.18. The Hall–Kier alpha value is -3.37. The van der Waals surface area contributed by atoms with Crippen LogP contribution >= 0.6 is 0 Å². The van der Waals surface area contributed by atoms with Crippen molar-refractivity contribution in [3.63, 3.8) is 0 Å². The largest absolute Gasteiger partial charge is 0.491 e. The predicted octanol–water partition coefficient (Wildman–Crippen LogP) is 3.12. The number of rotatable bonds is 5. The average molecular weight is 421 g/mol. The molecule has 0 radical (unpaired) electrons. The van der Waals surface area contributed by atoms with Crippen LogP contribution in [-0.4, -0.2) is 49.0 Å². The molecule has 0 unspecified atom stereocenters. The quantitative estimate of drug-likeness (QED) is 0.630. The van der Waals surface area contributed by atoms with E-state index >= 15 is 0 Å². The maximum absolute atomic E-state index is 12.8. The van der Waals surface area contributed by atoms with E-state index in [9.17, 15) is 18.0 Å². The van der Waals surface area contributed by atoms with E-state index in [-0.39, 0.29) is 17.3 Å². The lowest BCUT2D eigenvalue weighted by molar-refractivity contribution is -0.142. The first-order chi connectivity index (χ1) is 14.2. The van der Waals surface area contributed by atoms with Gasteiger partial charge in [0.1, 0.15) is 42.5 Å². The number of ketones is 1. The van der Waals surface area contributed by atoms with Crippen LogP contribution in [0.2, 0.25) is 0 Å². The van der Waals surface area contributed by atoms with Crippen molar-refractivity contribution in [1.29, 1.82) is 0 Å². The van der Waals surface area contributed by atoms with Crippen molar-refractivity contribution in [3.8, 4) is 34.4 Å². The molecule has 30 heavy (non-hydrogen) atoms. The van der Waals surface area contributed by atoms with Gasteiger partial charge in [-0.25, -0.2) is 14.6 Å². The van der Waals surface area contributed by atoms with E-state index in [1.807, 2.05) is 0 Å². The summed E-state index contributed by atoms with van der Waals surface area (Å²) < 4.78 is 52.4. The van der Waals surface area contributed by atoms with Gasteiger partial charge in [0.25, 0.3) is 0 Å². The van der Waals surface area contributed by atoms with Gasteiger partial charge in [-0.2, -0.15) is 18.3 Å². The molecule has 8 nitrogen and oxygen atoms in total. The fraction of sp³-hybridized carbons (Fsp3) is 0.368. The molecule has 3 heterocycles. The fourth-order valence-electron chi connectivity index (χ4n) is 3.08. The van der Waals surface area contributed by atoms with Gasteiger partial charge in [0.05, 0.1) is 12.1 Å². The molecule has 0 amide bonds. The van der Waals surface area contributed by atoms with E-state index in [0.29, 0.717) is 36.0 Å². The van der Waals surface area contributed by atoms with Crippen molar-refractivity contribution in [1.82, 2.24) is 24.3 Å². The van der Waals surface area contributed by atoms with Gasteiger partial charge in [0.2, 0.25) is 0 Å². The van der Waals surface area contributed by atoms with Crippen molar-refractivity contribution < 1.29 is 27.4 Å². The Morgan fingerprint density at radius 3 is 2.87 bits per heavy atom. The lowest BCUT2D eigenvalue weighted by Crippen LogP contribution is -2.20. The minimum Gasteiger partial charge on any atom is -0.491 e. The number of alkyl halides is 3. The van der Waals surface area contributed by atoms with Crippen LogP contribution in [0.1, 0.15) is 13.8 Å². The van der Waals surface area contributed by atoms with Gasteiger partial charge in [-0.3, -0.25) is 4.79 Å². The molecule has 11 heteroatoms. The third-order valence-electron chi connectivity index (χ3n) is 4.62. The lowest BCUT2D eigenvalue weighted by Gasteiger charge is -2.14. The highest BCUT2D eigenvalue weighted by Gasteiger charge is 2.31. The third kappa shape index (κ3) is 4.00. The summed E-state index contributed by atoms with van der Waals surface area (Å²) in [5, 5.41) is 3.67. The molecule has 1 aliphatic heterocycles. The van der Waals surface area contributed by atoms with Gasteiger partial charge < -0.3 is 14.0 Å². The summed E-state index contributed by atoms with van der Waals surface area (Å²) in [6.45, 7) is 2.63. The number of carbonyl (C=O) groups is 1. The van der Waals surface area contributed by atoms with E-state index in [0.717, 1.165) is 11.0 Å². The molecule has 0 aliphatic carbocycles. The van der Waals surface area contributed by atoms with Gasteiger partial charge in [-0.15, -0.1) is 0 Å². The Morgan fingerprint density at radius 1 is 1.33 bits per heavy atom. The second-order valence-electron chi connectivity index (χ2n) is 6.88. The summed E-state index contributed by atoms with van der Waals surface area (Å²) in [5.41, 5.74) is 0.939. The lowest BCUT2D eigenvalue weighted by atomic mass is 10.1. The zero-order valence-corrected chi connectivity index (χ0v) is 16.2. The van der Waals surface area contributed by atoms with Crippen LogP contribution < -0.4 is 9.47 Å². The Bertz CT molecular complexity index is 1090. The average Bonchev–Trinajstić information content (AvgIpc) is 3.23. The fourth-order valence-corrected chi connectivity index (χ4v) is 3.08. The standard InChI is InChI=1S/C19H18F3N5O3/c1-11(28)12(2)30-13-3-4-14-16(7-13)29-6-5-26-8-15(25-17(14)26)18-23-10-24-27(18)9-19(20,21)22/h3-4,7-8,10,12H,5-6,9H2,1-2H3/t12-/m1/s1. The number of nitrogens with zero attached hydrogens (tertiary/aromatic N) is 5. The topological polar surface area (TPSA) is 84.1 Å². The van der Waals surface area contributed by atoms with Gasteiger partial charge in [-0.1, -0.05) is 0 Å². The van der Waals surface area contributed by atoms with Crippen molar-refractivity contribution in [2.75, 3.05) is 6.61 Å². The van der Waals surface area contributed by atoms with Crippen LogP contribution in [0.25, 0.3) is 22.9 Å². The number of ether oxygens (including phenoxy) is 2. The first-order valence-electron chi connectivity index (χ1n) is 9.18. The molecule has 4 rings (SSSR count). The zero-order valence-electron chi connectivity index (χ0n) is 16.2. The van der Waals surface area contributed by atoms with E-state index in [4.69, 9.17) is 9.47 Å². The summed E-state index contributed by atoms with van der Waals surface area (Å²) >= 11 is 0. The number of hydrogen-bond acceptors (Lipinski definition) is 6. The van der Waals surface area contributed by atoms with E-state index in [1.165, 1.54) is 6.92 Å². The van der Waals surface area contributed by atoms with Crippen LogP contribution in [0.15, 0.2) is 30.7 Å². The van der Waals surface area contributed by atoms with Crippen molar-refractivity contribution >= 4 is 5.78 Å². The molecule has 0 saturated heterocycles. The smallest absolute Gasteiger partial charge is 0.408 e. The second-order valence-corrected chi connectivity index (χ2v) is 6.88. The molecule has 2 aromatic heterocycles. The summed E-state index contributed by atoms with van der Waals surface area (Å²) in [7, 11) is 0. The van der Waals surface area contributed by atoms with Gasteiger partial charge in [0, 0.05) is 12.3 Å². The third-order valence-corrected chi connectivity index (χ3v) is 4.62. The normalized spacial score (nSPS) is 14.3. The molecular formula is C19H18F3N5O3. The summed E-state index contributed by atoms with van der Waals surface area (Å²) in [6, 6.07) is 5.11. The number of halogens is 3. The van der Waals surface area contributed by atoms with Crippen LogP contribution in [0.3, 0.4) is 0 Å². The summed E-state index contributed by atoms with van der Waals surface area (Å²) in [5.74, 6) is 1.45. The molecule has 0 spiro atoms. The first kappa shape index (κ1) is 19.9.